The molecule has 0 aliphatic rings. The van der Waals surface area contributed by atoms with Crippen LogP contribution >= 0.6 is 0 Å². The molecule has 31 heavy (non-hydrogen) atoms. The van der Waals surface area contributed by atoms with Crippen LogP contribution in [0.2, 0.25) is 0 Å². The highest BCUT2D eigenvalue weighted by atomic mass is 16.4. The zero-order valence-electron chi connectivity index (χ0n) is 15.7. The van der Waals surface area contributed by atoms with E-state index in [0.717, 1.165) is 0 Å². The Morgan fingerprint density at radius 3 is 0.903 bits per heavy atom. The molecule has 0 aliphatic carbocycles. The Hall–Kier alpha value is -4.78. The highest BCUT2D eigenvalue weighted by Gasteiger charge is 2.09. The number of carboxylic acids is 3. The molecule has 0 saturated carbocycles. The van der Waals surface area contributed by atoms with Crippen molar-refractivity contribution in [2.45, 2.75) is 0 Å². The molecule has 9 N–H and O–H groups in total. The van der Waals surface area contributed by atoms with Gasteiger partial charge in [0.05, 0.1) is 0 Å². The molecule has 3 aromatic rings. The number of aromatic nitrogens is 3. The summed E-state index contributed by atoms with van der Waals surface area (Å²) in [6.45, 7) is 0. The SMILES string of the molecule is N.O=C(O)c1ncccc1O.O=C(O)c1ncccc1O.O=C(O)c1ncccc1O. The summed E-state index contributed by atoms with van der Waals surface area (Å²) in [6, 6.07) is 8.20. The normalized spacial score (nSPS) is 8.90. The molecule has 0 fully saturated rings. The van der Waals surface area contributed by atoms with Gasteiger partial charge in [-0.2, -0.15) is 0 Å². The van der Waals surface area contributed by atoms with Crippen LogP contribution in [0, 0.1) is 0 Å². The first kappa shape index (κ1) is 26.2. The number of rotatable bonds is 3. The predicted octanol–water partition coefficient (Wildman–Crippen LogP) is 1.62. The summed E-state index contributed by atoms with van der Waals surface area (Å²) < 4.78 is 0. The maximum Gasteiger partial charge on any atom is 0.358 e. The van der Waals surface area contributed by atoms with E-state index in [4.69, 9.17) is 30.6 Å². The van der Waals surface area contributed by atoms with E-state index in [1.165, 1.54) is 55.0 Å². The van der Waals surface area contributed by atoms with Gasteiger partial charge in [0, 0.05) is 18.6 Å². The average molecular weight is 434 g/mol. The third-order valence-corrected chi connectivity index (χ3v) is 2.97. The molecule has 0 aliphatic heterocycles. The van der Waals surface area contributed by atoms with E-state index in [9.17, 15) is 14.4 Å². The smallest absolute Gasteiger partial charge is 0.358 e. The van der Waals surface area contributed by atoms with Gasteiger partial charge in [0.2, 0.25) is 0 Å². The van der Waals surface area contributed by atoms with E-state index in [0.29, 0.717) is 0 Å². The van der Waals surface area contributed by atoms with Gasteiger partial charge in [-0.1, -0.05) is 0 Å². The topological polar surface area (TPSA) is 246 Å². The minimum atomic E-state index is -1.22. The van der Waals surface area contributed by atoms with Crippen molar-refractivity contribution in [3.05, 3.63) is 72.1 Å². The van der Waals surface area contributed by atoms with Crippen LogP contribution < -0.4 is 6.15 Å². The number of carbonyl (C=O) groups is 3. The second-order valence-corrected chi connectivity index (χ2v) is 5.03. The molecule has 0 bridgehead atoms. The van der Waals surface area contributed by atoms with Crippen LogP contribution in [-0.2, 0) is 0 Å². The monoisotopic (exact) mass is 434 g/mol. The Labute approximate surface area is 174 Å². The van der Waals surface area contributed by atoms with E-state index >= 15 is 0 Å². The van der Waals surface area contributed by atoms with Gasteiger partial charge in [0.25, 0.3) is 0 Å². The number of hydrogen-bond donors (Lipinski definition) is 7. The van der Waals surface area contributed by atoms with Gasteiger partial charge >= 0.3 is 17.9 Å². The highest BCUT2D eigenvalue weighted by Crippen LogP contribution is 2.12. The lowest BCUT2D eigenvalue weighted by molar-refractivity contribution is 0.0675. The molecule has 0 aromatic carbocycles. The fourth-order valence-electron chi connectivity index (χ4n) is 1.68. The van der Waals surface area contributed by atoms with Gasteiger partial charge in [0.1, 0.15) is 17.2 Å². The molecular formula is C18H18N4O9. The molecular weight excluding hydrogens is 416 g/mol. The van der Waals surface area contributed by atoms with Crippen LogP contribution in [0.4, 0.5) is 0 Å². The van der Waals surface area contributed by atoms with Crippen molar-refractivity contribution < 1.29 is 45.0 Å². The van der Waals surface area contributed by atoms with Gasteiger partial charge < -0.3 is 36.8 Å². The summed E-state index contributed by atoms with van der Waals surface area (Å²) in [7, 11) is 0. The Morgan fingerprint density at radius 1 is 0.548 bits per heavy atom. The van der Waals surface area contributed by atoms with Gasteiger partial charge in [0.15, 0.2) is 17.1 Å². The quantitative estimate of drug-likeness (QED) is 0.310. The Morgan fingerprint density at radius 2 is 0.774 bits per heavy atom. The molecule has 0 saturated heterocycles. The summed E-state index contributed by atoms with van der Waals surface area (Å²) >= 11 is 0. The van der Waals surface area contributed by atoms with E-state index in [2.05, 4.69) is 15.0 Å². The minimum Gasteiger partial charge on any atom is -0.505 e. The third kappa shape index (κ3) is 8.41. The predicted molar refractivity (Wildman–Crippen MR) is 104 cm³/mol. The fourth-order valence-corrected chi connectivity index (χ4v) is 1.68. The number of aromatic carboxylic acids is 3. The van der Waals surface area contributed by atoms with E-state index < -0.39 is 17.9 Å². The molecule has 13 nitrogen and oxygen atoms in total. The van der Waals surface area contributed by atoms with Gasteiger partial charge in [-0.05, 0) is 36.4 Å². The van der Waals surface area contributed by atoms with Crippen molar-refractivity contribution >= 4 is 17.9 Å². The van der Waals surface area contributed by atoms with Crippen LogP contribution in [0.5, 0.6) is 17.2 Å². The van der Waals surface area contributed by atoms with Gasteiger partial charge in [-0.25, -0.2) is 29.3 Å². The molecule has 0 radical (unpaired) electrons. The zero-order chi connectivity index (χ0) is 22.7. The standard InChI is InChI=1S/3C6H5NO3.H3N/c3*8-4-2-1-3-7-5(4)6(9)10;/h3*1-3,8H,(H,9,10);1H3. The number of aromatic hydroxyl groups is 3. The average Bonchev–Trinajstić information content (AvgIpc) is 2.69. The number of hydrogen-bond acceptors (Lipinski definition) is 10. The lowest BCUT2D eigenvalue weighted by Crippen LogP contribution is -1.99. The number of pyridine rings is 3. The van der Waals surface area contributed by atoms with Crippen molar-refractivity contribution in [3.63, 3.8) is 0 Å². The fraction of sp³-hybridized carbons (Fsp3) is 0. The van der Waals surface area contributed by atoms with E-state index in [1.54, 1.807) is 0 Å². The highest BCUT2D eigenvalue weighted by molar-refractivity contribution is 5.89. The first-order valence-corrected chi connectivity index (χ1v) is 7.77. The van der Waals surface area contributed by atoms with Crippen molar-refractivity contribution in [2.75, 3.05) is 0 Å². The molecule has 0 unspecified atom stereocenters. The van der Waals surface area contributed by atoms with Crippen molar-refractivity contribution in [1.29, 1.82) is 0 Å². The maximum absolute atomic E-state index is 10.2. The summed E-state index contributed by atoms with van der Waals surface area (Å²) in [5, 5.41) is 51.5. The van der Waals surface area contributed by atoms with E-state index in [1.807, 2.05) is 0 Å². The van der Waals surface area contributed by atoms with Crippen molar-refractivity contribution in [2.24, 2.45) is 0 Å². The maximum atomic E-state index is 10.2. The summed E-state index contributed by atoms with van der Waals surface area (Å²) in [6.07, 6.45) is 3.93. The van der Waals surface area contributed by atoms with Crippen molar-refractivity contribution in [3.8, 4) is 17.2 Å². The Kier molecular flexibility index (Phi) is 10.7. The molecule has 3 aromatic heterocycles. The molecule has 3 heterocycles. The lowest BCUT2D eigenvalue weighted by Gasteiger charge is -1.93. The van der Waals surface area contributed by atoms with Crippen LogP contribution in [0.3, 0.4) is 0 Å². The van der Waals surface area contributed by atoms with Gasteiger partial charge in [-0.15, -0.1) is 0 Å². The first-order valence-electron chi connectivity index (χ1n) is 7.77. The second kappa shape index (κ2) is 12.6. The zero-order valence-corrected chi connectivity index (χ0v) is 15.7. The lowest BCUT2D eigenvalue weighted by atomic mass is 10.3. The first-order chi connectivity index (χ1) is 14.1. The number of carboxylic acid groups (broad SMARTS) is 3. The van der Waals surface area contributed by atoms with Crippen LogP contribution in [0.25, 0.3) is 0 Å². The summed E-state index contributed by atoms with van der Waals surface area (Å²) in [5.41, 5.74) is -0.951. The number of nitrogens with zero attached hydrogens (tertiary/aromatic N) is 3. The van der Waals surface area contributed by atoms with Crippen LogP contribution in [-0.4, -0.2) is 63.5 Å². The molecule has 164 valence electrons. The molecule has 3 rings (SSSR count). The molecule has 0 spiro atoms. The molecule has 13 heteroatoms. The van der Waals surface area contributed by atoms with Gasteiger partial charge in [-0.3, -0.25) is 0 Å². The van der Waals surface area contributed by atoms with E-state index in [-0.39, 0.29) is 40.5 Å². The Bertz CT molecular complexity index is 912. The second-order valence-electron chi connectivity index (χ2n) is 5.03. The Balaban J connectivity index is 0.000000429. The summed E-state index contributed by atoms with van der Waals surface area (Å²) in [4.78, 5) is 40.9. The minimum absolute atomic E-state index is 0. The largest absolute Gasteiger partial charge is 0.505 e. The summed E-state index contributed by atoms with van der Waals surface area (Å²) in [5.74, 6) is -4.60. The van der Waals surface area contributed by atoms with Crippen LogP contribution in [0.15, 0.2) is 55.0 Å². The third-order valence-electron chi connectivity index (χ3n) is 2.97. The molecule has 0 amide bonds. The van der Waals surface area contributed by atoms with Crippen molar-refractivity contribution in [1.82, 2.24) is 21.1 Å². The van der Waals surface area contributed by atoms with Crippen LogP contribution in [0.1, 0.15) is 31.5 Å². The molecule has 0 atom stereocenters.